The van der Waals surface area contributed by atoms with Gasteiger partial charge < -0.3 is 20.1 Å². The summed E-state index contributed by atoms with van der Waals surface area (Å²) in [5.41, 5.74) is 8.16. The van der Waals surface area contributed by atoms with Crippen LogP contribution in [-0.4, -0.2) is 63.4 Å². The highest BCUT2D eigenvalue weighted by atomic mass is 16.2. The van der Waals surface area contributed by atoms with Gasteiger partial charge in [-0.1, -0.05) is 38.0 Å². The summed E-state index contributed by atoms with van der Waals surface area (Å²) in [5, 5.41) is 3.27. The zero-order valence-electron chi connectivity index (χ0n) is 27.9. The van der Waals surface area contributed by atoms with Crippen molar-refractivity contribution in [2.75, 3.05) is 19.6 Å². The Labute approximate surface area is 269 Å². The summed E-state index contributed by atoms with van der Waals surface area (Å²) < 4.78 is 0. The maximum atomic E-state index is 13.8. The molecule has 2 aromatic heterocycles. The van der Waals surface area contributed by atoms with E-state index in [4.69, 9.17) is 0 Å². The number of hydrogen-bond acceptors (Lipinski definition) is 3. The van der Waals surface area contributed by atoms with Crippen molar-refractivity contribution < 1.29 is 9.59 Å². The molecule has 1 atom stereocenters. The van der Waals surface area contributed by atoms with Crippen LogP contribution in [0.4, 0.5) is 4.79 Å². The summed E-state index contributed by atoms with van der Waals surface area (Å²) in [7, 11) is 0. The summed E-state index contributed by atoms with van der Waals surface area (Å²) in [5.74, 6) is 0.913. The molecule has 3 amide bonds. The molecule has 3 aliphatic rings. The topological polar surface area (TPSA) is 81.3 Å². The predicted octanol–water partition coefficient (Wildman–Crippen LogP) is 7.50. The number of H-pyrrole nitrogens is 1. The molecule has 2 bridgehead atoms. The number of nitrogens with zero attached hydrogens (tertiary/aromatic N) is 3. The minimum absolute atomic E-state index is 0.0204. The smallest absolute Gasteiger partial charge is 0.317 e. The van der Waals surface area contributed by atoms with Gasteiger partial charge in [0.15, 0.2) is 0 Å². The van der Waals surface area contributed by atoms with Crippen LogP contribution in [0, 0.1) is 19.3 Å². The number of urea groups is 1. The van der Waals surface area contributed by atoms with Crippen molar-refractivity contribution in [1.29, 1.82) is 0 Å². The number of aromatic nitrogens is 2. The van der Waals surface area contributed by atoms with Crippen LogP contribution in [-0.2, 0) is 11.2 Å². The number of pyridine rings is 1. The number of hydrogen-bond donors (Lipinski definition) is 2. The second-order valence-electron chi connectivity index (χ2n) is 14.7. The van der Waals surface area contributed by atoms with E-state index in [2.05, 4.69) is 91.3 Å². The second kappa shape index (κ2) is 13.0. The lowest BCUT2D eigenvalue weighted by atomic mass is 9.83. The Morgan fingerprint density at radius 1 is 0.978 bits per heavy atom. The van der Waals surface area contributed by atoms with E-state index in [-0.39, 0.29) is 11.9 Å². The van der Waals surface area contributed by atoms with E-state index in [1.165, 1.54) is 59.1 Å². The van der Waals surface area contributed by atoms with Crippen LogP contribution in [0.3, 0.4) is 0 Å². The van der Waals surface area contributed by atoms with Gasteiger partial charge in [-0.05, 0) is 118 Å². The third-order valence-corrected chi connectivity index (χ3v) is 10.8. The highest BCUT2D eigenvalue weighted by Gasteiger charge is 2.46. The van der Waals surface area contributed by atoms with Crippen LogP contribution in [0.15, 0.2) is 48.9 Å². The molecule has 0 aliphatic carbocycles. The molecule has 6 rings (SSSR count). The third-order valence-electron chi connectivity index (χ3n) is 10.8. The van der Waals surface area contributed by atoms with Crippen molar-refractivity contribution in [2.45, 2.75) is 110 Å². The quantitative estimate of drug-likeness (QED) is 0.264. The van der Waals surface area contributed by atoms with E-state index >= 15 is 0 Å². The first-order valence-electron chi connectivity index (χ1n) is 17.1. The fourth-order valence-electron chi connectivity index (χ4n) is 8.26. The van der Waals surface area contributed by atoms with Crippen LogP contribution < -0.4 is 5.32 Å². The first-order valence-corrected chi connectivity index (χ1v) is 17.1. The number of likely N-dealkylation sites (tertiary alicyclic amines) is 1. The van der Waals surface area contributed by atoms with Crippen molar-refractivity contribution in [3.63, 3.8) is 0 Å². The molecule has 3 aliphatic heterocycles. The van der Waals surface area contributed by atoms with Gasteiger partial charge >= 0.3 is 6.03 Å². The van der Waals surface area contributed by atoms with Gasteiger partial charge in [0.1, 0.15) is 0 Å². The molecule has 7 heteroatoms. The highest BCUT2D eigenvalue weighted by molar-refractivity contribution is 5.83. The lowest BCUT2D eigenvalue weighted by Crippen LogP contribution is -2.45. The Bertz CT molecular complexity index is 1460. The molecule has 2 N–H and O–H groups in total. The first kappa shape index (κ1) is 31.4. The molecular formula is C38H51N5O2. The van der Waals surface area contributed by atoms with E-state index in [1.54, 1.807) is 0 Å². The molecule has 45 heavy (non-hydrogen) atoms. The molecule has 0 unspecified atom stereocenters. The molecular weight excluding hydrogens is 558 g/mol. The van der Waals surface area contributed by atoms with Gasteiger partial charge in [0.05, 0.1) is 0 Å². The highest BCUT2D eigenvalue weighted by Crippen LogP contribution is 2.42. The Kier molecular flexibility index (Phi) is 9.07. The molecule has 5 heterocycles. The van der Waals surface area contributed by atoms with E-state index in [0.717, 1.165) is 44.5 Å². The van der Waals surface area contributed by atoms with Crippen LogP contribution in [0.1, 0.15) is 105 Å². The summed E-state index contributed by atoms with van der Waals surface area (Å²) in [4.78, 5) is 39.0. The van der Waals surface area contributed by atoms with E-state index in [0.29, 0.717) is 30.5 Å². The van der Waals surface area contributed by atoms with E-state index < -0.39 is 5.41 Å². The number of piperidine rings is 1. The number of carbonyl (C=O) groups excluding carboxylic acids is 2. The molecule has 240 valence electrons. The third kappa shape index (κ3) is 6.68. The van der Waals surface area contributed by atoms with Gasteiger partial charge in [-0.15, -0.1) is 0 Å². The number of nitrogens with one attached hydrogen (secondary N) is 2. The average Bonchev–Trinajstić information content (AvgIpc) is 3.77. The number of rotatable bonds is 9. The fourth-order valence-corrected chi connectivity index (χ4v) is 8.26. The number of aryl methyl sites for hydroxylation is 3. The average molecular weight is 610 g/mol. The molecule has 1 aromatic carbocycles. The normalized spacial score (nSPS) is 20.9. The summed E-state index contributed by atoms with van der Waals surface area (Å²) >= 11 is 0. The number of benzene rings is 1. The number of carbonyl (C=O) groups is 2. The number of aromatic amines is 1. The molecule has 0 radical (unpaired) electrons. The molecule has 7 nitrogen and oxygen atoms in total. The maximum Gasteiger partial charge on any atom is 0.317 e. The fraction of sp³-hybridized carbons (Fsp3) is 0.553. The number of fused-ring (bicyclic) bond motifs is 2. The SMILES string of the molecule is Cc1cc(C)cc(-c2[nH]cc(CCC(C)(C)C(=O)N3C4CCC3CC4)c2[C@H](C)CNC(=O)N2CCC(c3ccncc3)CC2)c1. The Morgan fingerprint density at radius 2 is 1.60 bits per heavy atom. The zero-order valence-corrected chi connectivity index (χ0v) is 27.9. The standard InChI is InChI=1S/C38H51N5O2/c1-25-20-26(2)22-31(21-25)35-34(27(3)23-41-37(45)42-18-13-29(14-19-42)28-11-16-39-17-12-28)30(24-40-35)10-15-38(4,5)36(44)43-32-6-7-33(43)9-8-32/h11-12,16-17,20-22,24,27,29,32-33,40H,6-10,13-15,18-19,23H2,1-5H3,(H,41,45)/t27-,32?,33?/m1/s1. The summed E-state index contributed by atoms with van der Waals surface area (Å²) in [6.07, 6.45) is 14.1. The summed E-state index contributed by atoms with van der Waals surface area (Å²) in [6, 6.07) is 11.8. The Hall–Kier alpha value is -3.61. The van der Waals surface area contributed by atoms with Crippen molar-refractivity contribution in [2.24, 2.45) is 5.41 Å². The van der Waals surface area contributed by atoms with E-state index in [1.807, 2.05) is 17.3 Å². The minimum Gasteiger partial charge on any atom is -0.361 e. The molecule has 0 saturated carbocycles. The maximum absolute atomic E-state index is 13.8. The van der Waals surface area contributed by atoms with E-state index in [9.17, 15) is 9.59 Å². The largest absolute Gasteiger partial charge is 0.361 e. The van der Waals surface area contributed by atoms with Crippen LogP contribution in [0.25, 0.3) is 11.3 Å². The minimum atomic E-state index is -0.417. The van der Waals surface area contributed by atoms with Gasteiger partial charge in [0.2, 0.25) is 5.91 Å². The molecule has 3 saturated heterocycles. The van der Waals surface area contributed by atoms with Gasteiger partial charge in [0, 0.05) is 67.3 Å². The second-order valence-corrected chi connectivity index (χ2v) is 14.7. The van der Waals surface area contributed by atoms with Gasteiger partial charge in [-0.3, -0.25) is 9.78 Å². The van der Waals surface area contributed by atoms with Gasteiger partial charge in [-0.2, -0.15) is 0 Å². The molecule has 3 aromatic rings. The molecule has 3 fully saturated rings. The predicted molar refractivity (Wildman–Crippen MR) is 180 cm³/mol. The van der Waals surface area contributed by atoms with Crippen LogP contribution in [0.5, 0.6) is 0 Å². The van der Waals surface area contributed by atoms with Crippen molar-refractivity contribution in [3.8, 4) is 11.3 Å². The Balaban J connectivity index is 1.15. The zero-order chi connectivity index (χ0) is 31.7. The van der Waals surface area contributed by atoms with Gasteiger partial charge in [0.25, 0.3) is 0 Å². The lowest BCUT2D eigenvalue weighted by Gasteiger charge is -2.33. The molecule has 0 spiro atoms. The van der Waals surface area contributed by atoms with Crippen molar-refractivity contribution >= 4 is 11.9 Å². The van der Waals surface area contributed by atoms with Gasteiger partial charge in [-0.25, -0.2) is 4.79 Å². The number of amides is 3. The lowest BCUT2D eigenvalue weighted by molar-refractivity contribution is -0.142. The van der Waals surface area contributed by atoms with Crippen LogP contribution in [0.2, 0.25) is 0 Å². The Morgan fingerprint density at radius 3 is 2.22 bits per heavy atom. The van der Waals surface area contributed by atoms with Crippen molar-refractivity contribution in [3.05, 3.63) is 76.7 Å². The monoisotopic (exact) mass is 609 g/mol. The van der Waals surface area contributed by atoms with Crippen molar-refractivity contribution in [1.82, 2.24) is 25.1 Å². The first-order chi connectivity index (χ1) is 21.6. The summed E-state index contributed by atoms with van der Waals surface area (Å²) in [6.45, 7) is 12.8. The van der Waals surface area contributed by atoms with Crippen LogP contribution >= 0.6 is 0 Å².